The molecule has 0 spiro atoms. The molecule has 2 aliphatic carbocycles. The number of ether oxygens (including phenoxy) is 1. The molecule has 2 aromatic rings. The normalized spacial score (nSPS) is 25.2. The van der Waals surface area contributed by atoms with Crippen molar-refractivity contribution in [3.05, 3.63) is 47.2 Å². The average Bonchev–Trinajstić information content (AvgIpc) is 2.94. The zero-order chi connectivity index (χ0) is 18.7. The Morgan fingerprint density at radius 1 is 1.27 bits per heavy atom. The van der Waals surface area contributed by atoms with Crippen molar-refractivity contribution in [2.24, 2.45) is 5.41 Å². The second kappa shape index (κ2) is 5.56. The number of hydrogen-bond donors (Lipinski definition) is 0. The van der Waals surface area contributed by atoms with Crippen molar-refractivity contribution in [1.82, 2.24) is 10.2 Å². The highest BCUT2D eigenvalue weighted by atomic mass is 19.1. The van der Waals surface area contributed by atoms with Gasteiger partial charge in [-0.3, -0.25) is 4.79 Å². The lowest BCUT2D eigenvalue weighted by Gasteiger charge is -2.37. The zero-order valence-corrected chi connectivity index (χ0v) is 15.0. The van der Waals surface area contributed by atoms with E-state index in [0.29, 0.717) is 0 Å². The van der Waals surface area contributed by atoms with Gasteiger partial charge in [0.15, 0.2) is 0 Å². The third kappa shape index (κ3) is 2.14. The molecule has 4 nitrogen and oxygen atoms in total. The van der Waals surface area contributed by atoms with Gasteiger partial charge in [0.1, 0.15) is 18.2 Å². The van der Waals surface area contributed by atoms with Crippen molar-refractivity contribution < 1.29 is 18.3 Å². The second-order valence-electron chi connectivity index (χ2n) is 7.81. The van der Waals surface area contributed by atoms with Gasteiger partial charge in [-0.15, -0.1) is 5.10 Å². The Morgan fingerprint density at radius 2 is 1.96 bits per heavy atom. The lowest BCUT2D eigenvalue weighted by molar-refractivity contribution is -0.144. The second-order valence-corrected chi connectivity index (χ2v) is 7.81. The van der Waals surface area contributed by atoms with Crippen molar-refractivity contribution in [1.29, 1.82) is 0 Å². The van der Waals surface area contributed by atoms with Crippen LogP contribution in [0.15, 0.2) is 24.3 Å². The largest absolute Gasteiger partial charge is 0.465 e. The maximum atomic E-state index is 14.1. The lowest BCUT2D eigenvalue weighted by atomic mass is 9.69. The molecule has 2 bridgehead atoms. The summed E-state index contributed by atoms with van der Waals surface area (Å²) < 4.78 is 33.7. The SMILES string of the molecule is CC(=O)OC[C@]12CC[C@H](c3cc(-c4c(F)cccc4F)nnc31)C2(C)C. The van der Waals surface area contributed by atoms with E-state index in [4.69, 9.17) is 4.74 Å². The summed E-state index contributed by atoms with van der Waals surface area (Å²) in [6, 6.07) is 5.51. The maximum absolute atomic E-state index is 14.1. The van der Waals surface area contributed by atoms with Gasteiger partial charge in [-0.05, 0) is 47.9 Å². The molecule has 136 valence electrons. The molecule has 0 aliphatic heterocycles. The van der Waals surface area contributed by atoms with Crippen molar-refractivity contribution >= 4 is 5.97 Å². The first-order valence-corrected chi connectivity index (χ1v) is 8.74. The van der Waals surface area contributed by atoms with Gasteiger partial charge in [-0.2, -0.15) is 5.10 Å². The lowest BCUT2D eigenvalue weighted by Crippen LogP contribution is -2.40. The van der Waals surface area contributed by atoms with E-state index in [9.17, 15) is 13.6 Å². The Bertz CT molecular complexity index is 892. The summed E-state index contributed by atoms with van der Waals surface area (Å²) in [5, 5.41) is 8.50. The molecule has 26 heavy (non-hydrogen) atoms. The number of benzene rings is 1. The fourth-order valence-corrected chi connectivity index (χ4v) is 4.83. The third-order valence-electron chi connectivity index (χ3n) is 6.36. The van der Waals surface area contributed by atoms with Gasteiger partial charge < -0.3 is 4.74 Å². The molecule has 1 saturated carbocycles. The first-order valence-electron chi connectivity index (χ1n) is 8.74. The van der Waals surface area contributed by atoms with Crippen molar-refractivity contribution in [3.8, 4) is 11.3 Å². The number of esters is 1. The molecule has 0 unspecified atom stereocenters. The smallest absolute Gasteiger partial charge is 0.302 e. The predicted octanol–water partition coefficient (Wildman–Crippen LogP) is 4.14. The van der Waals surface area contributed by atoms with Crippen molar-refractivity contribution in [2.75, 3.05) is 6.61 Å². The summed E-state index contributed by atoms with van der Waals surface area (Å²) in [5.41, 5.74) is 1.22. The van der Waals surface area contributed by atoms with E-state index < -0.39 is 17.0 Å². The van der Waals surface area contributed by atoms with Crippen LogP contribution >= 0.6 is 0 Å². The number of rotatable bonds is 3. The van der Waals surface area contributed by atoms with Gasteiger partial charge >= 0.3 is 5.97 Å². The van der Waals surface area contributed by atoms with Gasteiger partial charge in [0, 0.05) is 6.92 Å². The number of hydrogen-bond acceptors (Lipinski definition) is 4. The molecule has 6 heteroatoms. The fourth-order valence-electron chi connectivity index (χ4n) is 4.83. The quantitative estimate of drug-likeness (QED) is 0.774. The number of carbonyl (C=O) groups excluding carboxylic acids is 1. The minimum Gasteiger partial charge on any atom is -0.465 e. The van der Waals surface area contributed by atoms with Crippen LogP contribution in [-0.2, 0) is 14.9 Å². The fraction of sp³-hybridized carbons (Fsp3) is 0.450. The molecular weight excluding hydrogens is 338 g/mol. The molecule has 1 aromatic carbocycles. The molecule has 0 amide bonds. The van der Waals surface area contributed by atoms with Gasteiger partial charge in [-0.25, -0.2) is 8.78 Å². The number of halogens is 2. The van der Waals surface area contributed by atoms with Crippen LogP contribution in [0.4, 0.5) is 8.78 Å². The maximum Gasteiger partial charge on any atom is 0.302 e. The first kappa shape index (κ1) is 17.1. The monoisotopic (exact) mass is 358 g/mol. The standard InChI is InChI=1S/C20H20F2N2O2/c1-11(25)26-10-20-8-7-13(19(20,2)3)12-9-16(23-24-18(12)20)17-14(21)5-4-6-15(17)22/h4-6,9,13H,7-8,10H2,1-3H3/t13-,20-/m1/s1. The Labute approximate surface area is 150 Å². The van der Waals surface area contributed by atoms with Crippen LogP contribution in [0.2, 0.25) is 0 Å². The van der Waals surface area contributed by atoms with E-state index in [1.54, 1.807) is 6.07 Å². The van der Waals surface area contributed by atoms with Crippen LogP contribution in [0.1, 0.15) is 50.8 Å². The van der Waals surface area contributed by atoms with Crippen LogP contribution in [-0.4, -0.2) is 22.8 Å². The van der Waals surface area contributed by atoms with E-state index in [2.05, 4.69) is 24.0 Å². The van der Waals surface area contributed by atoms with E-state index in [1.165, 1.54) is 25.1 Å². The predicted molar refractivity (Wildman–Crippen MR) is 91.5 cm³/mol. The third-order valence-corrected chi connectivity index (χ3v) is 6.36. The Hall–Kier alpha value is -2.37. The molecule has 0 N–H and O–H groups in total. The Morgan fingerprint density at radius 3 is 2.62 bits per heavy atom. The summed E-state index contributed by atoms with van der Waals surface area (Å²) in [4.78, 5) is 11.4. The van der Waals surface area contributed by atoms with Crippen molar-refractivity contribution in [3.63, 3.8) is 0 Å². The van der Waals surface area contributed by atoms with Crippen LogP contribution < -0.4 is 0 Å². The van der Waals surface area contributed by atoms with E-state index in [-0.39, 0.29) is 35.2 Å². The molecule has 1 fully saturated rings. The van der Waals surface area contributed by atoms with E-state index in [0.717, 1.165) is 24.1 Å². The molecular formula is C20H20F2N2O2. The Balaban J connectivity index is 1.84. The molecule has 2 atom stereocenters. The molecule has 2 aliphatic rings. The summed E-state index contributed by atoms with van der Waals surface area (Å²) in [5.74, 6) is -1.45. The van der Waals surface area contributed by atoms with Gasteiger partial charge in [-0.1, -0.05) is 19.9 Å². The summed E-state index contributed by atoms with van der Waals surface area (Å²) in [6.45, 7) is 5.92. The van der Waals surface area contributed by atoms with Gasteiger partial charge in [0.2, 0.25) is 0 Å². The van der Waals surface area contributed by atoms with Crippen LogP contribution in [0.5, 0.6) is 0 Å². The highest BCUT2D eigenvalue weighted by Crippen LogP contribution is 2.67. The van der Waals surface area contributed by atoms with Crippen molar-refractivity contribution in [2.45, 2.75) is 44.9 Å². The zero-order valence-electron chi connectivity index (χ0n) is 15.0. The molecule has 1 aromatic heterocycles. The van der Waals surface area contributed by atoms with Gasteiger partial charge in [0.05, 0.1) is 22.4 Å². The molecule has 0 radical (unpaired) electrons. The highest BCUT2D eigenvalue weighted by Gasteiger charge is 2.64. The minimum atomic E-state index is -0.656. The average molecular weight is 358 g/mol. The molecule has 0 saturated heterocycles. The first-order chi connectivity index (χ1) is 12.3. The van der Waals surface area contributed by atoms with Gasteiger partial charge in [0.25, 0.3) is 0 Å². The number of nitrogens with zero attached hydrogens (tertiary/aromatic N) is 2. The number of aromatic nitrogens is 2. The highest BCUT2D eigenvalue weighted by molar-refractivity contribution is 5.66. The van der Waals surface area contributed by atoms with Crippen LogP contribution in [0.3, 0.4) is 0 Å². The molecule has 4 rings (SSSR count). The number of fused-ring (bicyclic) bond motifs is 5. The van der Waals surface area contributed by atoms with Crippen LogP contribution in [0.25, 0.3) is 11.3 Å². The minimum absolute atomic E-state index is 0.155. The molecule has 1 heterocycles. The van der Waals surface area contributed by atoms with E-state index >= 15 is 0 Å². The Kier molecular flexibility index (Phi) is 3.65. The topological polar surface area (TPSA) is 52.1 Å². The summed E-state index contributed by atoms with van der Waals surface area (Å²) in [6.07, 6.45) is 1.78. The van der Waals surface area contributed by atoms with E-state index in [1.807, 2.05) is 0 Å². The summed E-state index contributed by atoms with van der Waals surface area (Å²) in [7, 11) is 0. The van der Waals surface area contributed by atoms with Crippen LogP contribution in [0, 0.1) is 17.0 Å². The number of carbonyl (C=O) groups is 1. The summed E-state index contributed by atoms with van der Waals surface area (Å²) >= 11 is 0.